The van der Waals surface area contributed by atoms with E-state index in [1.165, 1.54) is 19.1 Å². The molecular weight excluding hydrogens is 368 g/mol. The van der Waals surface area contributed by atoms with E-state index < -0.39 is 34.0 Å². The smallest absolute Gasteiger partial charge is 0.326 e. The van der Waals surface area contributed by atoms with Gasteiger partial charge in [-0.25, -0.2) is 13.2 Å². The Kier molecular flexibility index (Phi) is 6.70. The Balaban J connectivity index is 2.04. The topological polar surface area (TPSA) is 113 Å². The van der Waals surface area contributed by atoms with Gasteiger partial charge in [-0.05, 0) is 31.5 Å². The second-order valence-electron chi connectivity index (χ2n) is 6.25. The molecule has 0 unspecified atom stereocenters. The van der Waals surface area contributed by atoms with E-state index in [-0.39, 0.29) is 11.3 Å². The molecule has 8 heteroatoms. The second-order valence-corrected chi connectivity index (χ2v) is 7.96. The number of hydrogen-bond donors (Lipinski definition) is 3. The molecule has 144 valence electrons. The van der Waals surface area contributed by atoms with Crippen molar-refractivity contribution < 1.29 is 23.1 Å². The highest BCUT2D eigenvalue weighted by molar-refractivity contribution is 7.89. The average molecular weight is 390 g/mol. The zero-order valence-electron chi connectivity index (χ0n) is 15.0. The van der Waals surface area contributed by atoms with Crippen molar-refractivity contribution in [2.75, 3.05) is 0 Å². The molecule has 7 nitrogen and oxygen atoms in total. The predicted molar refractivity (Wildman–Crippen MR) is 101 cm³/mol. The van der Waals surface area contributed by atoms with Gasteiger partial charge >= 0.3 is 5.97 Å². The van der Waals surface area contributed by atoms with Crippen LogP contribution in [0.25, 0.3) is 0 Å². The van der Waals surface area contributed by atoms with Crippen LogP contribution in [-0.4, -0.2) is 37.5 Å². The number of carbonyl (C=O) groups is 2. The molecule has 0 aromatic heterocycles. The third-order valence-corrected chi connectivity index (χ3v) is 5.51. The second kappa shape index (κ2) is 8.79. The van der Waals surface area contributed by atoms with Crippen LogP contribution in [0, 0.1) is 6.92 Å². The van der Waals surface area contributed by atoms with Crippen molar-refractivity contribution in [1.82, 2.24) is 10.0 Å². The lowest BCUT2D eigenvalue weighted by Gasteiger charge is -2.19. The third kappa shape index (κ3) is 5.90. The summed E-state index contributed by atoms with van der Waals surface area (Å²) in [5, 5.41) is 11.7. The van der Waals surface area contributed by atoms with E-state index in [1.807, 2.05) is 6.92 Å². The average Bonchev–Trinajstić information content (AvgIpc) is 2.61. The van der Waals surface area contributed by atoms with Crippen molar-refractivity contribution in [1.29, 1.82) is 0 Å². The van der Waals surface area contributed by atoms with Gasteiger partial charge in [-0.15, -0.1) is 0 Å². The summed E-state index contributed by atoms with van der Waals surface area (Å²) in [7, 11) is -3.89. The molecule has 2 rings (SSSR count). The van der Waals surface area contributed by atoms with Crippen LogP contribution in [-0.2, 0) is 26.0 Å². The summed E-state index contributed by atoms with van der Waals surface area (Å²) in [5.41, 5.74) is 1.66. The number of carboxylic acids is 1. The molecule has 0 aliphatic rings. The maximum atomic E-state index is 12.4. The van der Waals surface area contributed by atoms with Crippen molar-refractivity contribution in [3.05, 3.63) is 65.7 Å². The van der Waals surface area contributed by atoms with Crippen LogP contribution in [0.2, 0.25) is 0 Å². The Morgan fingerprint density at radius 2 is 1.63 bits per heavy atom. The van der Waals surface area contributed by atoms with E-state index in [9.17, 15) is 23.1 Å². The monoisotopic (exact) mass is 390 g/mol. The SMILES string of the molecule is Cc1ccc(S(=O)(=O)N[C@@H](C)C(=O)N[C@@H](Cc2ccccc2)C(=O)O)cc1. The minimum absolute atomic E-state index is 0.0341. The highest BCUT2D eigenvalue weighted by Gasteiger charge is 2.26. The van der Waals surface area contributed by atoms with Gasteiger partial charge in [0.15, 0.2) is 0 Å². The number of aryl methyl sites for hydroxylation is 1. The normalized spacial score (nSPS) is 13.6. The van der Waals surface area contributed by atoms with Gasteiger partial charge in [0.1, 0.15) is 6.04 Å². The van der Waals surface area contributed by atoms with Gasteiger partial charge < -0.3 is 10.4 Å². The zero-order valence-corrected chi connectivity index (χ0v) is 15.9. The first-order valence-electron chi connectivity index (χ1n) is 8.35. The van der Waals surface area contributed by atoms with Crippen LogP contribution < -0.4 is 10.0 Å². The number of benzene rings is 2. The van der Waals surface area contributed by atoms with Crippen molar-refractivity contribution in [3.8, 4) is 0 Å². The van der Waals surface area contributed by atoms with E-state index in [1.54, 1.807) is 42.5 Å². The summed E-state index contributed by atoms with van der Waals surface area (Å²) in [4.78, 5) is 23.8. The van der Waals surface area contributed by atoms with Gasteiger partial charge in [-0.1, -0.05) is 48.0 Å². The van der Waals surface area contributed by atoms with E-state index in [0.29, 0.717) is 0 Å². The molecular formula is C19H22N2O5S. The number of amides is 1. The largest absolute Gasteiger partial charge is 0.480 e. The number of hydrogen-bond acceptors (Lipinski definition) is 4. The quantitative estimate of drug-likeness (QED) is 0.632. The van der Waals surface area contributed by atoms with Crippen LogP contribution >= 0.6 is 0 Å². The summed E-state index contributed by atoms with van der Waals surface area (Å²) in [6, 6.07) is 12.8. The summed E-state index contributed by atoms with van der Waals surface area (Å²) >= 11 is 0. The first-order chi connectivity index (χ1) is 12.7. The zero-order chi connectivity index (χ0) is 20.0. The number of nitrogens with one attached hydrogen (secondary N) is 2. The lowest BCUT2D eigenvalue weighted by Crippen LogP contribution is -2.50. The third-order valence-electron chi connectivity index (χ3n) is 3.95. The molecule has 3 N–H and O–H groups in total. The minimum atomic E-state index is -3.89. The van der Waals surface area contributed by atoms with Crippen LogP contribution in [0.3, 0.4) is 0 Å². The Hall–Kier alpha value is -2.71. The number of rotatable bonds is 8. The maximum Gasteiger partial charge on any atom is 0.326 e. The molecule has 0 radical (unpaired) electrons. The molecule has 0 aliphatic heterocycles. The number of carbonyl (C=O) groups excluding carboxylic acids is 1. The lowest BCUT2D eigenvalue weighted by molar-refractivity contribution is -0.141. The molecule has 0 aliphatic carbocycles. The number of aliphatic carboxylic acids is 1. The van der Waals surface area contributed by atoms with Crippen LogP contribution in [0.15, 0.2) is 59.5 Å². The fourth-order valence-electron chi connectivity index (χ4n) is 2.42. The molecule has 0 fully saturated rings. The van der Waals surface area contributed by atoms with E-state index >= 15 is 0 Å². The molecule has 0 bridgehead atoms. The number of carboxylic acid groups (broad SMARTS) is 1. The minimum Gasteiger partial charge on any atom is -0.480 e. The van der Waals surface area contributed by atoms with Crippen molar-refractivity contribution in [2.24, 2.45) is 0 Å². The molecule has 2 atom stereocenters. The molecule has 2 aromatic carbocycles. The maximum absolute atomic E-state index is 12.4. The molecule has 0 spiro atoms. The highest BCUT2D eigenvalue weighted by atomic mass is 32.2. The van der Waals surface area contributed by atoms with Crippen LogP contribution in [0.1, 0.15) is 18.1 Å². The number of sulfonamides is 1. The highest BCUT2D eigenvalue weighted by Crippen LogP contribution is 2.11. The van der Waals surface area contributed by atoms with Gasteiger partial charge in [0.2, 0.25) is 15.9 Å². The standard InChI is InChI=1S/C19H22N2O5S/c1-13-8-10-16(11-9-13)27(25,26)21-14(2)18(22)20-17(19(23)24)12-15-6-4-3-5-7-15/h3-11,14,17,21H,12H2,1-2H3,(H,20,22)(H,23,24)/t14-,17-/m0/s1. The van der Waals surface area contributed by atoms with Crippen LogP contribution in [0.5, 0.6) is 0 Å². The Morgan fingerprint density at radius 3 is 2.19 bits per heavy atom. The Morgan fingerprint density at radius 1 is 1.04 bits per heavy atom. The molecule has 2 aromatic rings. The first-order valence-corrected chi connectivity index (χ1v) is 9.83. The lowest BCUT2D eigenvalue weighted by atomic mass is 10.1. The molecule has 27 heavy (non-hydrogen) atoms. The van der Waals surface area contributed by atoms with Gasteiger partial charge in [-0.3, -0.25) is 4.79 Å². The van der Waals surface area contributed by atoms with Gasteiger partial charge in [0, 0.05) is 6.42 Å². The van der Waals surface area contributed by atoms with Crippen molar-refractivity contribution >= 4 is 21.9 Å². The molecule has 0 saturated heterocycles. The predicted octanol–water partition coefficient (Wildman–Crippen LogP) is 1.47. The molecule has 0 heterocycles. The molecule has 1 amide bonds. The van der Waals surface area contributed by atoms with Crippen molar-refractivity contribution in [3.63, 3.8) is 0 Å². The summed E-state index contributed by atoms with van der Waals surface area (Å²) in [6.45, 7) is 3.20. The summed E-state index contributed by atoms with van der Waals surface area (Å²) < 4.78 is 27.0. The fraction of sp³-hybridized carbons (Fsp3) is 0.263. The molecule has 0 saturated carbocycles. The van der Waals surface area contributed by atoms with E-state index in [2.05, 4.69) is 10.0 Å². The van der Waals surface area contributed by atoms with Gasteiger partial charge in [-0.2, -0.15) is 4.72 Å². The Bertz CT molecular complexity index is 895. The van der Waals surface area contributed by atoms with Gasteiger partial charge in [0.25, 0.3) is 0 Å². The summed E-state index contributed by atoms with van der Waals surface area (Å²) in [6.07, 6.45) is 0.0966. The Labute approximate surface area is 158 Å². The first kappa shape index (κ1) is 20.6. The fourth-order valence-corrected chi connectivity index (χ4v) is 3.62. The van der Waals surface area contributed by atoms with Crippen molar-refractivity contribution in [2.45, 2.75) is 37.2 Å². The van der Waals surface area contributed by atoms with Gasteiger partial charge in [0.05, 0.1) is 10.9 Å². The van der Waals surface area contributed by atoms with E-state index in [0.717, 1.165) is 11.1 Å². The summed E-state index contributed by atoms with van der Waals surface area (Å²) in [5.74, 6) is -1.91. The van der Waals surface area contributed by atoms with Crippen LogP contribution in [0.4, 0.5) is 0 Å². The van der Waals surface area contributed by atoms with E-state index in [4.69, 9.17) is 0 Å².